The van der Waals surface area contributed by atoms with Crippen LogP contribution < -0.4 is 34.5 Å². The van der Waals surface area contributed by atoms with Crippen LogP contribution in [0.3, 0.4) is 0 Å². The number of anilines is 3. The van der Waals surface area contributed by atoms with Crippen LogP contribution in [0.2, 0.25) is 51.4 Å². The minimum absolute atomic E-state index is 0.000495. The fourth-order valence-electron chi connectivity index (χ4n) is 8.30. The molecular weight excluding hydrogens is 984 g/mol. The molecule has 384 valence electrons. The molecule has 2 N–H and O–H groups in total. The van der Waals surface area contributed by atoms with Crippen LogP contribution in [0.5, 0.6) is 23.0 Å². The third-order valence-corrected chi connectivity index (χ3v) is 17.4. The highest BCUT2D eigenvalue weighted by atomic mass is 32.2. The maximum atomic E-state index is 14.5. The van der Waals surface area contributed by atoms with E-state index in [2.05, 4.69) is 39.3 Å². The number of carbonyl (C=O) groups is 4. The van der Waals surface area contributed by atoms with Gasteiger partial charge in [0.15, 0.2) is 23.0 Å². The lowest BCUT2D eigenvalue weighted by molar-refractivity contribution is -0.123. The highest BCUT2D eigenvalue weighted by Gasteiger charge is 2.53. The number of methoxy groups -OCH3 is 2. The standard InChI is InChI=1S/C48H60F3N5O12SSi2/c1-63-40-22-34-36(55(28-65-16-18-70(3,4)5)46(59)38-20-31(26-53(38)44(34)57)30-10-12-32(52)13-11-30)24-42(40)67-14-9-15-68-43-25-37-35(23-41(43)64-2)45(58)54-27-33(69(61,62)48(49,50)51)21-39(54)47(60)56(37)29-66-17-19-71(6,7)8/h10-13,22-27,38-39H,9,14-21,28-29,52H2,1-8H3/t38-,39-/m0/s1. The molecule has 7 rings (SSSR count). The minimum atomic E-state index is -5.85. The lowest BCUT2D eigenvalue weighted by Gasteiger charge is -2.27. The number of ether oxygens (including phenoxy) is 6. The number of rotatable bonds is 20. The van der Waals surface area contributed by atoms with Gasteiger partial charge in [0.1, 0.15) is 25.5 Å². The van der Waals surface area contributed by atoms with Gasteiger partial charge in [0.25, 0.3) is 33.5 Å². The second kappa shape index (κ2) is 20.7. The molecule has 0 aliphatic carbocycles. The van der Waals surface area contributed by atoms with Crippen molar-refractivity contribution in [1.29, 1.82) is 0 Å². The van der Waals surface area contributed by atoms with E-state index in [1.54, 1.807) is 30.5 Å². The third-order valence-electron chi connectivity index (χ3n) is 12.4. The fourth-order valence-corrected chi connectivity index (χ4v) is 10.7. The van der Waals surface area contributed by atoms with E-state index in [4.69, 9.17) is 34.2 Å². The molecule has 0 saturated heterocycles. The van der Waals surface area contributed by atoms with Gasteiger partial charge in [0.2, 0.25) is 0 Å². The molecule has 0 saturated carbocycles. The molecule has 4 heterocycles. The maximum Gasteiger partial charge on any atom is 0.501 e. The van der Waals surface area contributed by atoms with Gasteiger partial charge in [-0.1, -0.05) is 51.4 Å². The summed E-state index contributed by atoms with van der Waals surface area (Å²) in [6.45, 7) is 13.3. The SMILES string of the molecule is COc1cc2c(cc1OCCCOc1cc3c(cc1OC)C(=O)N1C=C(S(=O)(=O)C(F)(F)F)C[C@H]1C(=O)N3COCC[Si](C)(C)C)N(COCC[Si](C)(C)C)C(=O)[C@@H]1CC(c3ccc(N)cc3)=CN1C2=O. The van der Waals surface area contributed by atoms with E-state index in [0.717, 1.165) is 22.1 Å². The average molecular weight is 1040 g/mol. The highest BCUT2D eigenvalue weighted by molar-refractivity contribution is 7.96. The molecule has 3 aromatic rings. The van der Waals surface area contributed by atoms with Gasteiger partial charge < -0.3 is 44.0 Å². The maximum absolute atomic E-state index is 14.5. The lowest BCUT2D eigenvalue weighted by Crippen LogP contribution is -2.45. The van der Waals surface area contributed by atoms with E-state index < -0.39 is 79.4 Å². The summed E-state index contributed by atoms with van der Waals surface area (Å²) < 4.78 is 101. The van der Waals surface area contributed by atoms with Crippen LogP contribution in [0.25, 0.3) is 5.57 Å². The number of nitrogens with zero attached hydrogens (tertiary/aromatic N) is 4. The Kier molecular flexibility index (Phi) is 15.4. The first-order chi connectivity index (χ1) is 33.3. The van der Waals surface area contributed by atoms with Gasteiger partial charge in [0.05, 0.1) is 54.8 Å². The van der Waals surface area contributed by atoms with Crippen LogP contribution in [0, 0.1) is 0 Å². The molecular formula is C48H60F3N5O12SSi2. The van der Waals surface area contributed by atoms with Crippen molar-refractivity contribution in [3.05, 3.63) is 82.5 Å². The van der Waals surface area contributed by atoms with Gasteiger partial charge >= 0.3 is 5.51 Å². The summed E-state index contributed by atoms with van der Waals surface area (Å²) in [5.41, 5.74) is 2.87. The van der Waals surface area contributed by atoms with Crippen LogP contribution in [0.1, 0.15) is 45.5 Å². The summed E-state index contributed by atoms with van der Waals surface area (Å²) in [6.07, 6.45) is 1.90. The largest absolute Gasteiger partial charge is 0.501 e. The molecule has 3 aromatic carbocycles. The van der Waals surface area contributed by atoms with E-state index in [0.29, 0.717) is 35.1 Å². The van der Waals surface area contributed by atoms with Gasteiger partial charge in [-0.3, -0.25) is 29.0 Å². The van der Waals surface area contributed by atoms with Crippen LogP contribution >= 0.6 is 0 Å². The van der Waals surface area contributed by atoms with Crippen LogP contribution in [0.4, 0.5) is 30.2 Å². The normalized spacial score (nSPS) is 18.4. The number of hydrogen-bond acceptors (Lipinski definition) is 13. The molecule has 17 nitrogen and oxygen atoms in total. The summed E-state index contributed by atoms with van der Waals surface area (Å²) >= 11 is 0. The number of halogens is 3. The first-order valence-corrected chi connectivity index (χ1v) is 31.9. The lowest BCUT2D eigenvalue weighted by atomic mass is 10.0. The molecule has 2 atom stereocenters. The second-order valence-corrected chi connectivity index (χ2v) is 33.2. The monoisotopic (exact) mass is 1040 g/mol. The predicted octanol–water partition coefficient (Wildman–Crippen LogP) is 7.70. The molecule has 4 amide bonds. The molecule has 4 aliphatic heterocycles. The Balaban J connectivity index is 1.12. The van der Waals surface area contributed by atoms with Gasteiger partial charge in [0, 0.05) is 78.8 Å². The van der Waals surface area contributed by atoms with E-state index in [-0.39, 0.29) is 85.1 Å². The van der Waals surface area contributed by atoms with E-state index >= 15 is 0 Å². The van der Waals surface area contributed by atoms with Gasteiger partial charge in [-0.05, 0) is 47.5 Å². The number of alkyl halides is 3. The van der Waals surface area contributed by atoms with E-state index in [1.807, 2.05) is 12.1 Å². The van der Waals surface area contributed by atoms with E-state index in [1.165, 1.54) is 36.2 Å². The van der Waals surface area contributed by atoms with Gasteiger partial charge in [-0.15, -0.1) is 0 Å². The van der Waals surface area contributed by atoms with Crippen molar-refractivity contribution in [3.63, 3.8) is 0 Å². The Bertz CT molecular complexity index is 2740. The topological polar surface area (TPSA) is 197 Å². The summed E-state index contributed by atoms with van der Waals surface area (Å²) in [5.74, 6) is -1.90. The Hall–Kier alpha value is -5.89. The van der Waals surface area contributed by atoms with Gasteiger partial charge in [-0.25, -0.2) is 8.42 Å². The highest BCUT2D eigenvalue weighted by Crippen LogP contribution is 2.45. The van der Waals surface area contributed by atoms with Crippen molar-refractivity contribution in [2.24, 2.45) is 0 Å². The van der Waals surface area contributed by atoms with Crippen molar-refractivity contribution in [1.82, 2.24) is 9.80 Å². The van der Waals surface area contributed by atoms with Crippen molar-refractivity contribution in [3.8, 4) is 23.0 Å². The van der Waals surface area contributed by atoms with Crippen molar-refractivity contribution in [2.45, 2.75) is 88.2 Å². The Morgan fingerprint density at radius 2 is 1.10 bits per heavy atom. The Morgan fingerprint density at radius 3 is 1.54 bits per heavy atom. The summed E-state index contributed by atoms with van der Waals surface area (Å²) in [7, 11) is -6.19. The number of nitrogen functional groups attached to an aromatic ring is 1. The number of amides is 4. The molecule has 0 radical (unpaired) electrons. The average Bonchev–Trinajstić information content (AvgIpc) is 3.94. The molecule has 0 unspecified atom stereocenters. The van der Waals surface area contributed by atoms with Crippen molar-refractivity contribution < 1.29 is 69.2 Å². The van der Waals surface area contributed by atoms with Crippen molar-refractivity contribution in [2.75, 3.05) is 69.6 Å². The first-order valence-electron chi connectivity index (χ1n) is 23.1. The zero-order valence-electron chi connectivity index (χ0n) is 41.0. The summed E-state index contributed by atoms with van der Waals surface area (Å²) in [5, 5.41) is 0. The number of hydrogen-bond donors (Lipinski definition) is 1. The smallest absolute Gasteiger partial charge is 0.493 e. The molecule has 0 aromatic heterocycles. The quantitative estimate of drug-likeness (QED) is 0.0657. The molecule has 4 aliphatic rings. The fraction of sp³-hybridized carbons (Fsp3) is 0.458. The number of nitrogens with two attached hydrogens (primary N) is 1. The van der Waals surface area contributed by atoms with E-state index in [9.17, 15) is 40.8 Å². The molecule has 71 heavy (non-hydrogen) atoms. The minimum Gasteiger partial charge on any atom is -0.493 e. The Morgan fingerprint density at radius 1 is 0.648 bits per heavy atom. The van der Waals surface area contributed by atoms with Crippen LogP contribution in [-0.4, -0.2) is 130 Å². The molecule has 0 bridgehead atoms. The summed E-state index contributed by atoms with van der Waals surface area (Å²) in [6, 6.07) is 12.2. The third kappa shape index (κ3) is 11.4. The zero-order chi connectivity index (χ0) is 51.8. The molecule has 23 heteroatoms. The number of carbonyl (C=O) groups excluding carboxylic acids is 4. The number of sulfone groups is 1. The predicted molar refractivity (Wildman–Crippen MR) is 266 cm³/mol. The van der Waals surface area contributed by atoms with Crippen molar-refractivity contribution >= 4 is 72.2 Å². The zero-order valence-corrected chi connectivity index (χ0v) is 43.8. The number of fused-ring (bicyclic) bond motifs is 4. The van der Waals surface area contributed by atoms with Crippen LogP contribution in [0.15, 0.2) is 65.8 Å². The summed E-state index contributed by atoms with van der Waals surface area (Å²) in [4.78, 5) is 60.8. The molecule has 0 fully saturated rings. The number of benzene rings is 3. The second-order valence-electron chi connectivity index (χ2n) is 20.0. The Labute approximate surface area is 413 Å². The molecule has 0 spiro atoms. The van der Waals surface area contributed by atoms with Gasteiger partial charge in [-0.2, -0.15) is 13.2 Å². The van der Waals surface area contributed by atoms with Crippen LogP contribution in [-0.2, 0) is 28.9 Å². The first kappa shape index (κ1) is 52.9.